The molecule has 6 nitrogen and oxygen atoms in total. The summed E-state index contributed by atoms with van der Waals surface area (Å²) < 4.78 is 5.70. The minimum absolute atomic E-state index is 0.0269. The third-order valence-corrected chi connectivity index (χ3v) is 7.38. The van der Waals surface area contributed by atoms with Crippen molar-refractivity contribution in [2.45, 2.75) is 33.4 Å². The Morgan fingerprint density at radius 1 is 0.875 bits per heavy atom. The summed E-state index contributed by atoms with van der Waals surface area (Å²) in [5, 5.41) is 2.04. The summed E-state index contributed by atoms with van der Waals surface area (Å²) in [5.74, 6) is -0.146. The van der Waals surface area contributed by atoms with Crippen molar-refractivity contribution < 1.29 is 14.3 Å². The number of halogens is 2. The van der Waals surface area contributed by atoms with Gasteiger partial charge in [-0.15, -0.1) is 0 Å². The lowest BCUT2D eigenvalue weighted by Gasteiger charge is -2.29. The van der Waals surface area contributed by atoms with Gasteiger partial charge in [0.25, 0.3) is 0 Å². The van der Waals surface area contributed by atoms with Gasteiger partial charge in [0.1, 0.15) is 6.61 Å². The summed E-state index contributed by atoms with van der Waals surface area (Å²) in [6.45, 7) is 5.58. The molecule has 0 aliphatic heterocycles. The first-order valence-electron chi connectivity index (χ1n) is 13.5. The molecule has 1 aromatic heterocycles. The molecule has 0 saturated heterocycles. The number of benzene rings is 3. The second-order valence-electron chi connectivity index (χ2n) is 10.3. The van der Waals surface area contributed by atoms with E-state index in [1.54, 1.807) is 21.9 Å². The standard InChI is InChI=1S/C32H35Cl2N3O3/c1-23(2)18-37(32(39)22-40-21-24-8-4-3-5-9-24)20-31(38)36(19-25-12-13-28(33)29(34)16-25)15-14-26-17-35-30-11-7-6-10-27(26)30/h3-13,16-17,23,35H,14-15,18-22H2,1-2H3. The highest BCUT2D eigenvalue weighted by atomic mass is 35.5. The van der Waals surface area contributed by atoms with Gasteiger partial charge in [-0.3, -0.25) is 9.59 Å². The molecule has 0 fully saturated rings. The predicted molar refractivity (Wildman–Crippen MR) is 161 cm³/mol. The molecular weight excluding hydrogens is 545 g/mol. The van der Waals surface area contributed by atoms with E-state index in [0.29, 0.717) is 42.7 Å². The molecule has 0 aliphatic rings. The largest absolute Gasteiger partial charge is 0.367 e. The van der Waals surface area contributed by atoms with Crippen LogP contribution < -0.4 is 0 Å². The van der Waals surface area contributed by atoms with Crippen LogP contribution in [-0.4, -0.2) is 52.8 Å². The predicted octanol–water partition coefficient (Wildman–Crippen LogP) is 6.75. The van der Waals surface area contributed by atoms with Crippen molar-refractivity contribution >= 4 is 45.9 Å². The zero-order valence-electron chi connectivity index (χ0n) is 22.9. The van der Waals surface area contributed by atoms with Crippen molar-refractivity contribution in [2.24, 2.45) is 5.92 Å². The quantitative estimate of drug-likeness (QED) is 0.190. The van der Waals surface area contributed by atoms with E-state index in [-0.39, 0.29) is 30.9 Å². The fraction of sp³-hybridized carbons (Fsp3) is 0.312. The summed E-state index contributed by atoms with van der Waals surface area (Å²) in [6, 6.07) is 23.2. The Hall–Kier alpha value is -3.32. The van der Waals surface area contributed by atoms with E-state index < -0.39 is 0 Å². The Labute approximate surface area is 245 Å². The molecule has 4 rings (SSSR count). The topological polar surface area (TPSA) is 65.6 Å². The van der Waals surface area contributed by atoms with Gasteiger partial charge < -0.3 is 19.5 Å². The lowest BCUT2D eigenvalue weighted by molar-refractivity contribution is -0.144. The van der Waals surface area contributed by atoms with E-state index in [9.17, 15) is 9.59 Å². The van der Waals surface area contributed by atoms with Crippen molar-refractivity contribution in [3.8, 4) is 0 Å². The van der Waals surface area contributed by atoms with Crippen molar-refractivity contribution in [3.05, 3.63) is 106 Å². The van der Waals surface area contributed by atoms with Crippen LogP contribution in [0, 0.1) is 5.92 Å². The van der Waals surface area contributed by atoms with Gasteiger partial charge in [-0.05, 0) is 47.2 Å². The Bertz CT molecular complexity index is 1420. The van der Waals surface area contributed by atoms with E-state index >= 15 is 0 Å². The highest BCUT2D eigenvalue weighted by Gasteiger charge is 2.23. The second-order valence-corrected chi connectivity index (χ2v) is 11.1. The lowest BCUT2D eigenvalue weighted by Crippen LogP contribution is -2.45. The summed E-state index contributed by atoms with van der Waals surface area (Å²) in [4.78, 5) is 33.6. The van der Waals surface area contributed by atoms with Gasteiger partial charge >= 0.3 is 0 Å². The van der Waals surface area contributed by atoms with E-state index in [2.05, 4.69) is 11.1 Å². The first-order chi connectivity index (χ1) is 19.3. The number of para-hydroxylation sites is 1. The minimum Gasteiger partial charge on any atom is -0.367 e. The van der Waals surface area contributed by atoms with E-state index in [1.807, 2.05) is 74.6 Å². The number of aromatic nitrogens is 1. The minimum atomic E-state index is -0.205. The molecule has 0 saturated carbocycles. The Morgan fingerprint density at radius 2 is 1.62 bits per heavy atom. The van der Waals surface area contributed by atoms with Crippen LogP contribution in [0.3, 0.4) is 0 Å². The van der Waals surface area contributed by atoms with E-state index in [4.69, 9.17) is 27.9 Å². The number of rotatable bonds is 13. The molecule has 1 heterocycles. The summed E-state index contributed by atoms with van der Waals surface area (Å²) >= 11 is 12.4. The normalized spacial score (nSPS) is 11.2. The Balaban J connectivity index is 1.47. The number of amides is 2. The fourth-order valence-electron chi connectivity index (χ4n) is 4.62. The summed E-state index contributed by atoms with van der Waals surface area (Å²) in [5.41, 5.74) is 4.05. The molecular formula is C32H35Cl2N3O3. The van der Waals surface area contributed by atoms with Crippen LogP contribution in [0.4, 0.5) is 0 Å². The average molecular weight is 581 g/mol. The van der Waals surface area contributed by atoms with Gasteiger partial charge in [-0.25, -0.2) is 0 Å². The monoisotopic (exact) mass is 579 g/mol. The van der Waals surface area contributed by atoms with E-state index in [0.717, 1.165) is 27.6 Å². The second kappa shape index (κ2) is 14.4. The summed E-state index contributed by atoms with van der Waals surface area (Å²) in [6.07, 6.45) is 2.65. The lowest BCUT2D eigenvalue weighted by atomic mass is 10.1. The molecule has 0 radical (unpaired) electrons. The first-order valence-corrected chi connectivity index (χ1v) is 14.2. The number of nitrogens with zero attached hydrogens (tertiary/aromatic N) is 2. The number of H-pyrrole nitrogens is 1. The van der Waals surface area contributed by atoms with Crippen LogP contribution in [0.15, 0.2) is 79.0 Å². The molecule has 0 spiro atoms. The van der Waals surface area contributed by atoms with Gasteiger partial charge in [0.2, 0.25) is 11.8 Å². The molecule has 1 N–H and O–H groups in total. The number of nitrogens with one attached hydrogen (secondary N) is 1. The van der Waals surface area contributed by atoms with Crippen molar-refractivity contribution in [2.75, 3.05) is 26.2 Å². The molecule has 8 heteroatoms. The number of aromatic amines is 1. The zero-order valence-corrected chi connectivity index (χ0v) is 24.4. The van der Waals surface area contributed by atoms with Crippen molar-refractivity contribution in [3.63, 3.8) is 0 Å². The third kappa shape index (κ3) is 8.34. The van der Waals surface area contributed by atoms with Crippen LogP contribution in [0.2, 0.25) is 10.0 Å². The zero-order chi connectivity index (χ0) is 28.5. The Morgan fingerprint density at radius 3 is 2.38 bits per heavy atom. The van der Waals surface area contributed by atoms with Crippen LogP contribution in [-0.2, 0) is 33.9 Å². The summed E-state index contributed by atoms with van der Waals surface area (Å²) in [7, 11) is 0. The number of hydrogen-bond donors (Lipinski definition) is 1. The van der Waals surface area contributed by atoms with Crippen LogP contribution in [0.1, 0.15) is 30.5 Å². The number of fused-ring (bicyclic) bond motifs is 1. The maximum Gasteiger partial charge on any atom is 0.249 e. The molecule has 0 bridgehead atoms. The molecule has 0 unspecified atom stereocenters. The molecule has 0 atom stereocenters. The van der Waals surface area contributed by atoms with Gasteiger partial charge in [-0.1, -0.05) is 91.6 Å². The maximum atomic E-state index is 13.7. The number of carbonyl (C=O) groups excluding carboxylic acids is 2. The SMILES string of the molecule is CC(C)CN(CC(=O)N(CCc1c[nH]c2ccccc12)Cc1ccc(Cl)c(Cl)c1)C(=O)COCc1ccccc1. The van der Waals surface area contributed by atoms with Gasteiger partial charge in [-0.2, -0.15) is 0 Å². The van der Waals surface area contributed by atoms with Crippen molar-refractivity contribution in [1.29, 1.82) is 0 Å². The molecule has 2 amide bonds. The highest BCUT2D eigenvalue weighted by Crippen LogP contribution is 2.24. The van der Waals surface area contributed by atoms with Crippen molar-refractivity contribution in [1.82, 2.24) is 14.8 Å². The average Bonchev–Trinajstić information content (AvgIpc) is 3.36. The van der Waals surface area contributed by atoms with Crippen LogP contribution in [0.5, 0.6) is 0 Å². The van der Waals surface area contributed by atoms with Gasteiger partial charge in [0.15, 0.2) is 0 Å². The molecule has 40 heavy (non-hydrogen) atoms. The smallest absolute Gasteiger partial charge is 0.249 e. The number of ether oxygens (including phenoxy) is 1. The Kier molecular flexibility index (Phi) is 10.6. The molecule has 210 valence electrons. The maximum absolute atomic E-state index is 13.7. The van der Waals surface area contributed by atoms with Crippen LogP contribution in [0.25, 0.3) is 10.9 Å². The van der Waals surface area contributed by atoms with Gasteiger partial charge in [0.05, 0.1) is 23.2 Å². The molecule has 0 aliphatic carbocycles. The van der Waals surface area contributed by atoms with E-state index in [1.165, 1.54) is 0 Å². The number of hydrogen-bond acceptors (Lipinski definition) is 3. The molecule has 4 aromatic rings. The van der Waals surface area contributed by atoms with Gasteiger partial charge in [0, 0.05) is 36.7 Å². The third-order valence-electron chi connectivity index (χ3n) is 6.64. The van der Waals surface area contributed by atoms with Crippen LogP contribution >= 0.6 is 23.2 Å². The fourth-order valence-corrected chi connectivity index (χ4v) is 4.95. The number of carbonyl (C=O) groups is 2. The molecule has 3 aromatic carbocycles. The first kappa shape index (κ1) is 29.7. The highest BCUT2D eigenvalue weighted by molar-refractivity contribution is 6.42.